The van der Waals surface area contributed by atoms with Gasteiger partial charge in [-0.1, -0.05) is 60.3 Å². The van der Waals surface area contributed by atoms with E-state index in [2.05, 4.69) is 6.92 Å². The van der Waals surface area contributed by atoms with Crippen molar-refractivity contribution in [1.82, 2.24) is 0 Å². The smallest absolute Gasteiger partial charge is 0.377 e. The first kappa shape index (κ1) is 21.2. The van der Waals surface area contributed by atoms with E-state index in [1.165, 1.54) is 19.3 Å². The molecule has 0 aliphatic heterocycles. The molecule has 0 spiro atoms. The minimum absolute atomic E-state index is 0.147. The second kappa shape index (κ2) is 10.2. The van der Waals surface area contributed by atoms with E-state index in [-0.39, 0.29) is 17.4 Å². The second-order valence-electron chi connectivity index (χ2n) is 7.19. The van der Waals surface area contributed by atoms with Crippen molar-refractivity contribution in [2.45, 2.75) is 78.6 Å². The first-order valence-electron chi connectivity index (χ1n) is 9.37. The van der Waals surface area contributed by atoms with Crippen molar-refractivity contribution >= 4 is 11.8 Å². The Morgan fingerprint density at radius 1 is 0.960 bits per heavy atom. The molecule has 1 aromatic carbocycles. The van der Waals surface area contributed by atoms with Gasteiger partial charge in [-0.3, -0.25) is 4.79 Å². The van der Waals surface area contributed by atoms with E-state index >= 15 is 0 Å². The Labute approximate surface area is 151 Å². The lowest BCUT2D eigenvalue weighted by molar-refractivity contribution is -0.131. The van der Waals surface area contributed by atoms with Gasteiger partial charge < -0.3 is 9.84 Å². The van der Waals surface area contributed by atoms with Crippen molar-refractivity contribution < 1.29 is 19.4 Å². The highest BCUT2D eigenvalue weighted by atomic mass is 16.5. The van der Waals surface area contributed by atoms with Crippen LogP contribution in [0.25, 0.3) is 0 Å². The van der Waals surface area contributed by atoms with Crippen LogP contribution in [0.4, 0.5) is 0 Å². The van der Waals surface area contributed by atoms with Crippen LogP contribution >= 0.6 is 0 Å². The van der Waals surface area contributed by atoms with Gasteiger partial charge in [0, 0.05) is 5.56 Å². The highest BCUT2D eigenvalue weighted by Crippen LogP contribution is 2.36. The van der Waals surface area contributed by atoms with E-state index in [9.17, 15) is 9.59 Å². The third-order valence-corrected chi connectivity index (χ3v) is 4.34. The van der Waals surface area contributed by atoms with E-state index in [4.69, 9.17) is 9.84 Å². The summed E-state index contributed by atoms with van der Waals surface area (Å²) in [6.07, 6.45) is 5.84. The van der Waals surface area contributed by atoms with E-state index < -0.39 is 11.8 Å². The average molecular weight is 348 g/mol. The van der Waals surface area contributed by atoms with Gasteiger partial charge in [0.15, 0.2) is 0 Å². The lowest BCUT2D eigenvalue weighted by atomic mass is 9.90. The molecule has 0 radical (unpaired) electrons. The van der Waals surface area contributed by atoms with Gasteiger partial charge in [0.05, 0.1) is 6.61 Å². The summed E-state index contributed by atoms with van der Waals surface area (Å²) in [7, 11) is 0. The molecule has 1 rings (SSSR count). The number of hydrogen-bond donors (Lipinski definition) is 1. The summed E-state index contributed by atoms with van der Waals surface area (Å²) in [5.74, 6) is -1.17. The molecule has 0 saturated carbocycles. The maximum Gasteiger partial charge on any atom is 0.377 e. The number of carboxylic acid groups (broad SMARTS) is 1. The van der Waals surface area contributed by atoms with E-state index in [1.54, 1.807) is 12.1 Å². The van der Waals surface area contributed by atoms with Crippen molar-refractivity contribution in [3.05, 3.63) is 28.8 Å². The average Bonchev–Trinajstić information content (AvgIpc) is 2.56. The quantitative estimate of drug-likeness (QED) is 0.323. The number of carboxylic acids is 1. The summed E-state index contributed by atoms with van der Waals surface area (Å²) in [5, 5.41) is 9.03. The molecule has 1 aromatic rings. The summed E-state index contributed by atoms with van der Waals surface area (Å²) < 4.78 is 6.11. The predicted molar refractivity (Wildman–Crippen MR) is 101 cm³/mol. The van der Waals surface area contributed by atoms with Crippen molar-refractivity contribution in [3.8, 4) is 5.75 Å². The number of carbonyl (C=O) groups excluding carboxylic acids is 1. The Bertz CT molecular complexity index is 559. The highest BCUT2D eigenvalue weighted by Gasteiger charge is 2.22. The van der Waals surface area contributed by atoms with Crippen LogP contribution in [0.1, 0.15) is 100 Å². The molecule has 0 fully saturated rings. The topological polar surface area (TPSA) is 63.6 Å². The minimum atomic E-state index is -1.42. The molecule has 0 aromatic heterocycles. The zero-order valence-electron chi connectivity index (χ0n) is 16.2. The molecule has 0 heterocycles. The molecule has 0 aliphatic rings. The van der Waals surface area contributed by atoms with Gasteiger partial charge in [-0.25, -0.2) is 4.79 Å². The van der Waals surface area contributed by atoms with E-state index in [1.807, 2.05) is 27.7 Å². The number of Topliss-reactive ketones (excluding diaryl/α,β-unsaturated/α-hetero) is 1. The largest absolute Gasteiger partial charge is 0.493 e. The van der Waals surface area contributed by atoms with Gasteiger partial charge in [0.25, 0.3) is 5.78 Å². The van der Waals surface area contributed by atoms with E-state index in [0.717, 1.165) is 29.7 Å². The first-order valence-corrected chi connectivity index (χ1v) is 9.37. The Morgan fingerprint density at radius 2 is 1.48 bits per heavy atom. The summed E-state index contributed by atoms with van der Waals surface area (Å²) in [5.41, 5.74) is 2.05. The molecule has 0 atom stereocenters. The van der Waals surface area contributed by atoms with Crippen molar-refractivity contribution in [3.63, 3.8) is 0 Å². The van der Waals surface area contributed by atoms with Gasteiger partial charge in [0.2, 0.25) is 0 Å². The molecular weight excluding hydrogens is 316 g/mol. The van der Waals surface area contributed by atoms with Crippen LogP contribution in [-0.2, 0) is 4.79 Å². The van der Waals surface area contributed by atoms with Crippen molar-refractivity contribution in [1.29, 1.82) is 0 Å². The van der Waals surface area contributed by atoms with Crippen LogP contribution in [0.3, 0.4) is 0 Å². The van der Waals surface area contributed by atoms with Gasteiger partial charge in [0.1, 0.15) is 5.75 Å². The van der Waals surface area contributed by atoms with Crippen LogP contribution < -0.4 is 4.74 Å². The number of ketones is 1. The molecular formula is C21H32O4. The molecule has 0 bridgehead atoms. The monoisotopic (exact) mass is 348 g/mol. The molecule has 0 saturated heterocycles. The van der Waals surface area contributed by atoms with E-state index in [0.29, 0.717) is 6.61 Å². The zero-order chi connectivity index (χ0) is 19.0. The predicted octanol–water partition coefficient (Wildman–Crippen LogP) is 5.55. The number of hydrogen-bond acceptors (Lipinski definition) is 3. The highest BCUT2D eigenvalue weighted by molar-refractivity contribution is 6.39. The van der Waals surface area contributed by atoms with Crippen LogP contribution in [-0.4, -0.2) is 23.5 Å². The molecule has 0 unspecified atom stereocenters. The first-order chi connectivity index (χ1) is 11.8. The van der Waals surface area contributed by atoms with Gasteiger partial charge in [-0.05, 0) is 41.5 Å². The molecule has 140 valence electrons. The van der Waals surface area contributed by atoms with Crippen LogP contribution in [0.5, 0.6) is 5.75 Å². The SMILES string of the molecule is CCCCCCCOc1c(C(C)C)cc(C(=O)C(=O)O)cc1C(C)C. The Balaban J connectivity index is 3.08. The third-order valence-electron chi connectivity index (χ3n) is 4.34. The zero-order valence-corrected chi connectivity index (χ0v) is 16.2. The molecule has 25 heavy (non-hydrogen) atoms. The summed E-state index contributed by atoms with van der Waals surface area (Å²) in [6, 6.07) is 3.36. The van der Waals surface area contributed by atoms with Gasteiger partial charge in [-0.15, -0.1) is 0 Å². The summed E-state index contributed by atoms with van der Waals surface area (Å²) in [6.45, 7) is 11.0. The Kier molecular flexibility index (Phi) is 8.67. The molecule has 0 amide bonds. The van der Waals surface area contributed by atoms with Crippen molar-refractivity contribution in [2.75, 3.05) is 6.61 Å². The normalized spacial score (nSPS) is 11.2. The lowest BCUT2D eigenvalue weighted by Crippen LogP contribution is -2.15. The van der Waals surface area contributed by atoms with Gasteiger partial charge in [-0.2, -0.15) is 0 Å². The Morgan fingerprint density at radius 3 is 1.92 bits per heavy atom. The standard InChI is InChI=1S/C21H32O4/c1-6-7-8-9-10-11-25-20-17(14(2)3)12-16(19(22)21(23)24)13-18(20)15(4)5/h12-15H,6-11H2,1-5H3,(H,23,24). The number of aliphatic carboxylic acids is 1. The van der Waals surface area contributed by atoms with Crippen LogP contribution in [0.15, 0.2) is 12.1 Å². The van der Waals surface area contributed by atoms with Crippen molar-refractivity contribution in [2.24, 2.45) is 0 Å². The number of carbonyl (C=O) groups is 2. The maximum atomic E-state index is 11.9. The summed E-state index contributed by atoms with van der Waals surface area (Å²) in [4.78, 5) is 23.0. The van der Waals surface area contributed by atoms with Crippen LogP contribution in [0.2, 0.25) is 0 Å². The lowest BCUT2D eigenvalue weighted by Gasteiger charge is -2.21. The minimum Gasteiger partial charge on any atom is -0.493 e. The molecule has 1 N–H and O–H groups in total. The number of unbranched alkanes of at least 4 members (excludes halogenated alkanes) is 4. The maximum absolute atomic E-state index is 11.9. The fourth-order valence-electron chi connectivity index (χ4n) is 2.83. The third kappa shape index (κ3) is 6.18. The molecule has 0 aliphatic carbocycles. The number of rotatable bonds is 11. The number of benzene rings is 1. The summed E-state index contributed by atoms with van der Waals surface area (Å²) >= 11 is 0. The second-order valence-corrected chi connectivity index (χ2v) is 7.19. The molecule has 4 nitrogen and oxygen atoms in total. The Hall–Kier alpha value is -1.84. The van der Waals surface area contributed by atoms with Gasteiger partial charge >= 0.3 is 5.97 Å². The molecule has 4 heteroatoms. The number of ether oxygens (including phenoxy) is 1. The fraction of sp³-hybridized carbons (Fsp3) is 0.619. The van der Waals surface area contributed by atoms with Crippen LogP contribution in [0, 0.1) is 0 Å². The fourth-order valence-corrected chi connectivity index (χ4v) is 2.83.